The molecule has 0 aliphatic carbocycles. The average Bonchev–Trinajstić information content (AvgIpc) is 2.49. The first kappa shape index (κ1) is 7.98. The van der Waals surface area contributed by atoms with Crippen LogP contribution in [0, 0.1) is 0 Å². The number of aliphatic hydroxyl groups is 1. The smallest absolute Gasteiger partial charge is 0.0828 e. The summed E-state index contributed by atoms with van der Waals surface area (Å²) in [6, 6.07) is 3.60. The summed E-state index contributed by atoms with van der Waals surface area (Å²) in [7, 11) is 0. The molecule has 2 nitrogen and oxygen atoms in total. The van der Waals surface area contributed by atoms with E-state index in [2.05, 4.69) is 4.98 Å². The van der Waals surface area contributed by atoms with Crippen molar-refractivity contribution in [1.29, 1.82) is 0 Å². The van der Waals surface area contributed by atoms with Gasteiger partial charge in [-0.2, -0.15) is 0 Å². The van der Waals surface area contributed by atoms with Crippen LogP contribution in [-0.4, -0.2) is 10.1 Å². The number of thiophene rings is 1. The quantitative estimate of drug-likeness (QED) is 0.766. The minimum Gasteiger partial charge on any atom is -0.391 e. The van der Waals surface area contributed by atoms with E-state index in [0.717, 1.165) is 15.1 Å². The summed E-state index contributed by atoms with van der Waals surface area (Å²) in [5.74, 6) is 0. The second kappa shape index (κ2) is 3.01. The Hall–Kier alpha value is -0.640. The van der Waals surface area contributed by atoms with Gasteiger partial charge in [0.15, 0.2) is 0 Å². The van der Waals surface area contributed by atoms with Gasteiger partial charge >= 0.3 is 0 Å². The van der Waals surface area contributed by atoms with Crippen molar-refractivity contribution in [2.24, 2.45) is 0 Å². The van der Waals surface area contributed by atoms with Gasteiger partial charge in [0.05, 0.1) is 21.8 Å². The average molecular weight is 200 g/mol. The Bertz CT molecular complexity index is 412. The molecule has 0 fully saturated rings. The number of aliphatic hydroxyl groups excluding tert-OH is 1. The SMILES string of the molecule is OCc1cc2nccc(Cl)c2s1. The van der Waals surface area contributed by atoms with Gasteiger partial charge in [0.25, 0.3) is 0 Å². The highest BCUT2D eigenvalue weighted by atomic mass is 35.5. The van der Waals surface area contributed by atoms with Crippen LogP contribution in [0.4, 0.5) is 0 Å². The lowest BCUT2D eigenvalue weighted by Gasteiger charge is -1.88. The van der Waals surface area contributed by atoms with E-state index >= 15 is 0 Å². The molecule has 2 rings (SSSR count). The zero-order chi connectivity index (χ0) is 8.55. The maximum Gasteiger partial charge on any atom is 0.0828 e. The molecule has 0 saturated heterocycles. The predicted octanol–water partition coefficient (Wildman–Crippen LogP) is 2.44. The fourth-order valence-electron chi connectivity index (χ4n) is 1.03. The van der Waals surface area contributed by atoms with Crippen molar-refractivity contribution in [1.82, 2.24) is 4.98 Å². The van der Waals surface area contributed by atoms with Gasteiger partial charge < -0.3 is 5.11 Å². The highest BCUT2D eigenvalue weighted by Crippen LogP contribution is 2.29. The van der Waals surface area contributed by atoms with Crippen molar-refractivity contribution in [3.63, 3.8) is 0 Å². The molecule has 0 bridgehead atoms. The molecule has 0 unspecified atom stereocenters. The first-order valence-corrected chi connectivity index (χ1v) is 4.64. The zero-order valence-electron chi connectivity index (χ0n) is 6.12. The summed E-state index contributed by atoms with van der Waals surface area (Å²) in [4.78, 5) is 5.02. The number of hydrogen-bond acceptors (Lipinski definition) is 3. The van der Waals surface area contributed by atoms with E-state index in [1.54, 1.807) is 12.3 Å². The summed E-state index contributed by atoms with van der Waals surface area (Å²) < 4.78 is 0.947. The number of pyridine rings is 1. The van der Waals surface area contributed by atoms with Crippen LogP contribution in [-0.2, 0) is 6.61 Å². The van der Waals surface area contributed by atoms with Gasteiger partial charge in [0, 0.05) is 11.1 Å². The molecular formula is C8H6ClNOS. The van der Waals surface area contributed by atoms with Crippen molar-refractivity contribution in [3.8, 4) is 0 Å². The molecule has 0 aliphatic heterocycles. The molecule has 0 amide bonds. The Labute approximate surface area is 78.4 Å². The molecule has 0 aliphatic rings. The lowest BCUT2D eigenvalue weighted by atomic mass is 10.4. The lowest BCUT2D eigenvalue weighted by molar-refractivity contribution is 0.285. The molecular weight excluding hydrogens is 194 g/mol. The summed E-state index contributed by atoms with van der Waals surface area (Å²) in [6.07, 6.45) is 1.67. The molecule has 2 aromatic rings. The fraction of sp³-hybridized carbons (Fsp3) is 0.125. The van der Waals surface area contributed by atoms with E-state index in [-0.39, 0.29) is 6.61 Å². The minimum atomic E-state index is 0.0529. The van der Waals surface area contributed by atoms with E-state index < -0.39 is 0 Å². The molecule has 0 aromatic carbocycles. The standard InChI is InChI=1S/C8H6ClNOS/c9-6-1-2-10-7-3-5(4-11)12-8(6)7/h1-3,11H,4H2. The summed E-state index contributed by atoms with van der Waals surface area (Å²) in [5.41, 5.74) is 0.858. The molecule has 4 heteroatoms. The monoisotopic (exact) mass is 199 g/mol. The van der Waals surface area contributed by atoms with Crippen molar-refractivity contribution < 1.29 is 5.11 Å². The largest absolute Gasteiger partial charge is 0.391 e. The number of rotatable bonds is 1. The molecule has 62 valence electrons. The molecule has 0 saturated carbocycles. The summed E-state index contributed by atoms with van der Waals surface area (Å²) in [6.45, 7) is 0.0529. The van der Waals surface area contributed by atoms with Gasteiger partial charge in [-0.1, -0.05) is 11.6 Å². The highest BCUT2D eigenvalue weighted by molar-refractivity contribution is 7.19. The Kier molecular flexibility index (Phi) is 2.00. The Morgan fingerprint density at radius 3 is 3.08 bits per heavy atom. The highest BCUT2D eigenvalue weighted by Gasteiger charge is 2.04. The molecule has 1 N–H and O–H groups in total. The number of aromatic nitrogens is 1. The molecule has 12 heavy (non-hydrogen) atoms. The van der Waals surface area contributed by atoms with Gasteiger partial charge in [0.2, 0.25) is 0 Å². The van der Waals surface area contributed by atoms with Crippen LogP contribution in [0.3, 0.4) is 0 Å². The predicted molar refractivity (Wildman–Crippen MR) is 50.6 cm³/mol. The third-order valence-corrected chi connectivity index (χ3v) is 3.14. The topological polar surface area (TPSA) is 33.1 Å². The lowest BCUT2D eigenvalue weighted by Crippen LogP contribution is -1.71. The van der Waals surface area contributed by atoms with Crippen LogP contribution in [0.15, 0.2) is 18.3 Å². The molecule has 2 aromatic heterocycles. The van der Waals surface area contributed by atoms with E-state index in [0.29, 0.717) is 5.02 Å². The summed E-state index contributed by atoms with van der Waals surface area (Å²) >= 11 is 7.40. The first-order valence-electron chi connectivity index (χ1n) is 3.45. The summed E-state index contributed by atoms with van der Waals surface area (Å²) in [5, 5.41) is 9.57. The third-order valence-electron chi connectivity index (χ3n) is 1.57. The van der Waals surface area contributed by atoms with Crippen LogP contribution in [0.2, 0.25) is 5.02 Å². The van der Waals surface area contributed by atoms with E-state index in [9.17, 15) is 0 Å². The van der Waals surface area contributed by atoms with Crippen molar-refractivity contribution in [2.75, 3.05) is 0 Å². The van der Waals surface area contributed by atoms with Crippen LogP contribution < -0.4 is 0 Å². The van der Waals surface area contributed by atoms with Crippen molar-refractivity contribution >= 4 is 33.2 Å². The number of fused-ring (bicyclic) bond motifs is 1. The Balaban J connectivity index is 2.74. The van der Waals surface area contributed by atoms with Gasteiger partial charge in [-0.3, -0.25) is 4.98 Å². The molecule has 0 radical (unpaired) electrons. The Morgan fingerprint density at radius 2 is 2.42 bits per heavy atom. The van der Waals surface area contributed by atoms with Gasteiger partial charge in [-0.05, 0) is 12.1 Å². The third kappa shape index (κ3) is 1.20. The fourth-order valence-corrected chi connectivity index (χ4v) is 2.18. The van der Waals surface area contributed by atoms with Gasteiger partial charge in [-0.15, -0.1) is 11.3 Å². The minimum absolute atomic E-state index is 0.0529. The molecule has 0 atom stereocenters. The zero-order valence-corrected chi connectivity index (χ0v) is 7.69. The Morgan fingerprint density at radius 1 is 1.58 bits per heavy atom. The number of halogens is 1. The first-order chi connectivity index (χ1) is 5.81. The van der Waals surface area contributed by atoms with Crippen LogP contribution in [0.5, 0.6) is 0 Å². The van der Waals surface area contributed by atoms with Crippen molar-refractivity contribution in [2.45, 2.75) is 6.61 Å². The maximum atomic E-state index is 8.87. The maximum absolute atomic E-state index is 8.87. The van der Waals surface area contributed by atoms with E-state index in [1.165, 1.54) is 11.3 Å². The van der Waals surface area contributed by atoms with Crippen LogP contribution >= 0.6 is 22.9 Å². The normalized spacial score (nSPS) is 10.8. The molecule has 0 spiro atoms. The van der Waals surface area contributed by atoms with E-state index in [1.807, 2.05) is 6.07 Å². The van der Waals surface area contributed by atoms with Crippen LogP contribution in [0.25, 0.3) is 10.2 Å². The molecule has 2 heterocycles. The number of nitrogens with zero attached hydrogens (tertiary/aromatic N) is 1. The van der Waals surface area contributed by atoms with E-state index in [4.69, 9.17) is 16.7 Å². The van der Waals surface area contributed by atoms with Gasteiger partial charge in [0.1, 0.15) is 0 Å². The number of hydrogen-bond donors (Lipinski definition) is 1. The second-order valence-corrected chi connectivity index (χ2v) is 3.92. The van der Waals surface area contributed by atoms with Crippen molar-refractivity contribution in [3.05, 3.63) is 28.2 Å². The van der Waals surface area contributed by atoms with Gasteiger partial charge in [-0.25, -0.2) is 0 Å². The van der Waals surface area contributed by atoms with Crippen LogP contribution in [0.1, 0.15) is 4.88 Å². The second-order valence-electron chi connectivity index (χ2n) is 2.38.